The van der Waals surface area contributed by atoms with E-state index in [0.29, 0.717) is 18.6 Å². The molecular formula is C23H25FN2O5. The zero-order valence-corrected chi connectivity index (χ0v) is 16.8. The van der Waals surface area contributed by atoms with Crippen molar-refractivity contribution in [3.05, 3.63) is 53.5 Å². The number of aromatic carboxylic acids is 1. The molecule has 0 unspecified atom stereocenters. The Bertz CT molecular complexity index is 1160. The number of likely N-dealkylation sites (tertiary alicyclic amines) is 1. The van der Waals surface area contributed by atoms with Crippen molar-refractivity contribution in [1.29, 1.82) is 0 Å². The van der Waals surface area contributed by atoms with Crippen molar-refractivity contribution in [2.45, 2.75) is 25.2 Å². The Morgan fingerprint density at radius 1 is 1.29 bits per heavy atom. The molecule has 3 aromatic rings. The Morgan fingerprint density at radius 3 is 2.90 bits per heavy atom. The summed E-state index contributed by atoms with van der Waals surface area (Å²) in [6, 6.07) is 8.39. The number of ether oxygens (including phenoxy) is 2. The van der Waals surface area contributed by atoms with Crippen LogP contribution in [0.3, 0.4) is 0 Å². The molecular weight excluding hydrogens is 403 g/mol. The van der Waals surface area contributed by atoms with E-state index in [1.165, 1.54) is 24.3 Å². The summed E-state index contributed by atoms with van der Waals surface area (Å²) in [5.74, 6) is -1.21. The Labute approximate surface area is 183 Å². The first kappa shape index (κ1) is 17.5. The normalized spacial score (nSPS) is 17.1. The predicted octanol–water partition coefficient (Wildman–Crippen LogP) is 4.32. The van der Waals surface area contributed by atoms with Crippen molar-refractivity contribution >= 4 is 16.9 Å². The van der Waals surface area contributed by atoms with E-state index in [1.54, 1.807) is 6.07 Å². The van der Waals surface area contributed by atoms with Gasteiger partial charge in [-0.2, -0.15) is 0 Å². The van der Waals surface area contributed by atoms with Gasteiger partial charge in [-0.3, -0.25) is 0 Å². The summed E-state index contributed by atoms with van der Waals surface area (Å²) < 4.78 is 51.2. The maximum atomic E-state index is 13.4. The maximum Gasteiger partial charge on any atom is 0.335 e. The Kier molecular flexibility index (Phi) is 5.29. The highest BCUT2D eigenvalue weighted by Gasteiger charge is 2.25. The molecule has 1 fully saturated rings. The third-order valence-corrected chi connectivity index (χ3v) is 5.61. The van der Waals surface area contributed by atoms with E-state index in [2.05, 4.69) is 10.1 Å². The van der Waals surface area contributed by atoms with Crippen LogP contribution >= 0.6 is 0 Å². The summed E-state index contributed by atoms with van der Waals surface area (Å²) in [7, 11) is -2.72. The van der Waals surface area contributed by atoms with Gasteiger partial charge in [-0.25, -0.2) is 9.18 Å². The number of hydrogen-bond donors (Lipinski definition) is 1. The highest BCUT2D eigenvalue weighted by Crippen LogP contribution is 2.33. The minimum atomic E-state index is -2.72. The third-order valence-electron chi connectivity index (χ3n) is 5.61. The number of fused-ring (bicyclic) bond motifs is 1. The maximum absolute atomic E-state index is 13.4. The number of nitrogens with zero attached hydrogens (tertiary/aromatic N) is 2. The van der Waals surface area contributed by atoms with Crippen LogP contribution in [-0.2, 0) is 0 Å². The van der Waals surface area contributed by atoms with Gasteiger partial charge in [-0.15, -0.1) is 0 Å². The van der Waals surface area contributed by atoms with Gasteiger partial charge in [0, 0.05) is 23.9 Å². The molecule has 0 radical (unpaired) electrons. The van der Waals surface area contributed by atoms with Gasteiger partial charge in [0.15, 0.2) is 17.1 Å². The van der Waals surface area contributed by atoms with E-state index < -0.39 is 13.0 Å². The zero-order chi connectivity index (χ0) is 24.3. The van der Waals surface area contributed by atoms with E-state index in [-0.39, 0.29) is 28.8 Å². The van der Waals surface area contributed by atoms with Gasteiger partial charge in [0.1, 0.15) is 5.82 Å². The number of piperidine rings is 1. The summed E-state index contributed by atoms with van der Waals surface area (Å²) in [6.07, 6.45) is 2.52. The Morgan fingerprint density at radius 2 is 2.13 bits per heavy atom. The number of aromatic nitrogens is 1. The number of rotatable bonds is 8. The number of hydrogen-bond acceptors (Lipinski definition) is 6. The SMILES string of the molecule is [2H]C([2H])([2H])Oc1cc(C(=O)O)ccc1OCCCN1CCC(c2noc3cc(F)ccc23)CC1. The average Bonchev–Trinajstić information content (AvgIpc) is 3.19. The molecule has 1 aliphatic rings. The molecule has 0 amide bonds. The lowest BCUT2D eigenvalue weighted by molar-refractivity contribution is 0.0696. The molecule has 4 rings (SSSR count). The van der Waals surface area contributed by atoms with Crippen molar-refractivity contribution in [2.75, 3.05) is 33.3 Å². The molecule has 2 aromatic carbocycles. The van der Waals surface area contributed by atoms with Crippen molar-refractivity contribution < 1.29 is 32.4 Å². The van der Waals surface area contributed by atoms with Gasteiger partial charge < -0.3 is 24.0 Å². The van der Waals surface area contributed by atoms with E-state index in [4.69, 9.17) is 23.2 Å². The molecule has 0 saturated carbocycles. The smallest absolute Gasteiger partial charge is 0.335 e. The Hall–Kier alpha value is -3.13. The van der Waals surface area contributed by atoms with Crippen LogP contribution in [0.25, 0.3) is 11.0 Å². The van der Waals surface area contributed by atoms with Crippen molar-refractivity contribution in [2.24, 2.45) is 0 Å². The van der Waals surface area contributed by atoms with Crippen molar-refractivity contribution in [1.82, 2.24) is 10.1 Å². The number of benzene rings is 2. The molecule has 0 aliphatic carbocycles. The van der Waals surface area contributed by atoms with Crippen LogP contribution in [0.15, 0.2) is 40.9 Å². The zero-order valence-electron chi connectivity index (χ0n) is 19.8. The number of carboxylic acids is 1. The molecule has 7 nitrogen and oxygen atoms in total. The fraction of sp³-hybridized carbons (Fsp3) is 0.391. The van der Waals surface area contributed by atoms with Gasteiger partial charge in [0.2, 0.25) is 0 Å². The van der Waals surface area contributed by atoms with Gasteiger partial charge in [-0.05, 0) is 62.7 Å². The Balaban J connectivity index is 1.27. The summed E-state index contributed by atoms with van der Waals surface area (Å²) in [6.45, 7) is 2.87. The fourth-order valence-electron chi connectivity index (χ4n) is 3.97. The molecule has 1 aliphatic heterocycles. The van der Waals surface area contributed by atoms with Crippen LogP contribution in [0, 0.1) is 5.82 Å². The van der Waals surface area contributed by atoms with Crippen molar-refractivity contribution in [3.8, 4) is 11.5 Å². The van der Waals surface area contributed by atoms with Crippen LogP contribution in [0.5, 0.6) is 11.5 Å². The minimum absolute atomic E-state index is 0.0838. The molecule has 0 bridgehead atoms. The quantitative estimate of drug-likeness (QED) is 0.532. The number of halogens is 1. The molecule has 31 heavy (non-hydrogen) atoms. The second kappa shape index (κ2) is 9.34. The summed E-state index contributed by atoms with van der Waals surface area (Å²) >= 11 is 0. The highest BCUT2D eigenvalue weighted by molar-refractivity contribution is 5.88. The van der Waals surface area contributed by atoms with Gasteiger partial charge in [0.05, 0.1) is 29.0 Å². The minimum Gasteiger partial charge on any atom is -0.493 e. The number of carbonyl (C=O) groups is 1. The second-order valence-corrected chi connectivity index (χ2v) is 7.59. The van der Waals surface area contributed by atoms with E-state index in [1.807, 2.05) is 0 Å². The van der Waals surface area contributed by atoms with Crippen molar-refractivity contribution in [3.63, 3.8) is 0 Å². The van der Waals surface area contributed by atoms with Crippen LogP contribution in [0.1, 0.15) is 45.3 Å². The first-order chi connectivity index (χ1) is 16.2. The lowest BCUT2D eigenvalue weighted by Gasteiger charge is -2.31. The van der Waals surface area contributed by atoms with E-state index in [9.17, 15) is 9.18 Å². The average molecular weight is 431 g/mol. The first-order valence-electron chi connectivity index (χ1n) is 11.7. The summed E-state index contributed by atoms with van der Waals surface area (Å²) in [5.41, 5.74) is 1.26. The van der Waals surface area contributed by atoms with Crippen LogP contribution in [0.2, 0.25) is 0 Å². The standard InChI is InChI=1S/C23H25FN2O5/c1-29-21-13-16(23(27)28)3-6-19(21)30-12-2-9-26-10-7-15(8-11-26)22-18-5-4-17(24)14-20(18)31-25-22/h3-6,13-15H,2,7-12H2,1H3,(H,27,28)/i1D3. The summed E-state index contributed by atoms with van der Waals surface area (Å²) in [5, 5.41) is 14.2. The van der Waals surface area contributed by atoms with Crippen LogP contribution < -0.4 is 9.47 Å². The van der Waals surface area contributed by atoms with E-state index >= 15 is 0 Å². The molecule has 1 N–H and O–H groups in total. The van der Waals surface area contributed by atoms with Crippen LogP contribution in [-0.4, -0.2) is 54.4 Å². The second-order valence-electron chi connectivity index (χ2n) is 7.59. The predicted molar refractivity (Wildman–Crippen MR) is 112 cm³/mol. The third kappa shape index (κ3) is 4.80. The molecule has 1 aromatic heterocycles. The van der Waals surface area contributed by atoms with Crippen LogP contribution in [0.4, 0.5) is 4.39 Å². The highest BCUT2D eigenvalue weighted by atomic mass is 19.1. The summed E-state index contributed by atoms with van der Waals surface area (Å²) in [4.78, 5) is 13.5. The largest absolute Gasteiger partial charge is 0.493 e. The molecule has 8 heteroatoms. The van der Waals surface area contributed by atoms with Gasteiger partial charge in [-0.1, -0.05) is 5.16 Å². The van der Waals surface area contributed by atoms with E-state index in [0.717, 1.165) is 49.6 Å². The number of carboxylic acid groups (broad SMARTS) is 1. The molecule has 0 spiro atoms. The topological polar surface area (TPSA) is 85.0 Å². The molecule has 1 saturated heterocycles. The lowest BCUT2D eigenvalue weighted by atomic mass is 9.91. The monoisotopic (exact) mass is 431 g/mol. The molecule has 0 atom stereocenters. The number of methoxy groups -OCH3 is 1. The fourth-order valence-corrected chi connectivity index (χ4v) is 3.97. The van der Waals surface area contributed by atoms with Gasteiger partial charge >= 0.3 is 5.97 Å². The van der Waals surface area contributed by atoms with Gasteiger partial charge in [0.25, 0.3) is 0 Å². The first-order valence-corrected chi connectivity index (χ1v) is 10.2. The lowest BCUT2D eigenvalue weighted by Crippen LogP contribution is -2.34. The molecule has 164 valence electrons. The molecule has 2 heterocycles.